The van der Waals surface area contributed by atoms with Crippen molar-refractivity contribution < 1.29 is 18.0 Å². The predicted molar refractivity (Wildman–Crippen MR) is 105 cm³/mol. The number of halogens is 3. The van der Waals surface area contributed by atoms with Gasteiger partial charge in [0.2, 0.25) is 5.91 Å². The van der Waals surface area contributed by atoms with Crippen LogP contribution in [0.15, 0.2) is 29.3 Å². The van der Waals surface area contributed by atoms with Crippen LogP contribution >= 0.6 is 23.1 Å². The zero-order chi connectivity index (χ0) is 19.9. The van der Waals surface area contributed by atoms with E-state index in [4.69, 9.17) is 0 Å². The number of anilines is 1. The molecule has 0 spiro atoms. The molecule has 9 heteroatoms. The molecular weight excluding hydrogens is 407 g/mol. The topological polar surface area (TPSA) is 54.9 Å². The van der Waals surface area contributed by atoms with E-state index in [1.807, 2.05) is 6.92 Å². The molecule has 28 heavy (non-hydrogen) atoms. The van der Waals surface area contributed by atoms with Gasteiger partial charge in [0.15, 0.2) is 0 Å². The molecule has 2 heterocycles. The fraction of sp³-hybridized carbons (Fsp3) is 0.316. The lowest BCUT2D eigenvalue weighted by atomic mass is 10.2. The first-order chi connectivity index (χ1) is 13.3. The van der Waals surface area contributed by atoms with E-state index < -0.39 is 11.7 Å². The highest BCUT2D eigenvalue weighted by Crippen LogP contribution is 2.40. The molecule has 1 N–H and O–H groups in total. The van der Waals surface area contributed by atoms with Gasteiger partial charge in [-0.2, -0.15) is 13.2 Å². The number of carbonyl (C=O) groups is 1. The standard InChI is InChI=1S/C19H16F3N3OS2/c1-10-23-17(16-13-6-3-7-14(13)28-18(16)24-10)27-9-15(26)25-12-5-2-4-11(8-12)19(20,21)22/h2,4-5,8H,3,6-7,9H2,1H3,(H,25,26). The van der Waals surface area contributed by atoms with Gasteiger partial charge in [-0.1, -0.05) is 17.8 Å². The van der Waals surface area contributed by atoms with Gasteiger partial charge in [-0.15, -0.1) is 11.3 Å². The van der Waals surface area contributed by atoms with Gasteiger partial charge in [0, 0.05) is 16.0 Å². The van der Waals surface area contributed by atoms with E-state index in [0.29, 0.717) is 5.82 Å². The van der Waals surface area contributed by atoms with Gasteiger partial charge in [0.05, 0.1) is 11.3 Å². The Kier molecular flexibility index (Phi) is 5.05. The molecule has 0 bridgehead atoms. The minimum atomic E-state index is -4.45. The Labute approximate surface area is 167 Å². The molecule has 0 unspecified atom stereocenters. The van der Waals surface area contributed by atoms with E-state index in [-0.39, 0.29) is 17.3 Å². The molecule has 0 saturated carbocycles. The van der Waals surface area contributed by atoms with Gasteiger partial charge in [-0.05, 0) is 49.9 Å². The minimum Gasteiger partial charge on any atom is -0.325 e. The third-order valence-corrected chi connectivity index (χ3v) is 6.62. The SMILES string of the molecule is Cc1nc(SCC(=O)Nc2cccc(C(F)(F)F)c2)c2c3c(sc2n1)CCC3. The number of amides is 1. The van der Waals surface area contributed by atoms with Crippen molar-refractivity contribution in [1.82, 2.24) is 9.97 Å². The van der Waals surface area contributed by atoms with Crippen molar-refractivity contribution >= 4 is 44.9 Å². The fourth-order valence-corrected chi connectivity index (χ4v) is 5.54. The maximum Gasteiger partial charge on any atom is 0.416 e. The molecule has 146 valence electrons. The number of thiophene rings is 1. The van der Waals surface area contributed by atoms with E-state index in [0.717, 1.165) is 46.6 Å². The van der Waals surface area contributed by atoms with Crippen LogP contribution in [0.25, 0.3) is 10.2 Å². The van der Waals surface area contributed by atoms with Gasteiger partial charge in [0.1, 0.15) is 15.7 Å². The number of aryl methyl sites for hydroxylation is 3. The van der Waals surface area contributed by atoms with Crippen molar-refractivity contribution in [3.05, 3.63) is 46.1 Å². The molecule has 1 aliphatic rings. The van der Waals surface area contributed by atoms with E-state index in [1.165, 1.54) is 34.3 Å². The minimum absolute atomic E-state index is 0.0619. The number of aromatic nitrogens is 2. The van der Waals surface area contributed by atoms with E-state index in [2.05, 4.69) is 15.3 Å². The van der Waals surface area contributed by atoms with Gasteiger partial charge >= 0.3 is 6.18 Å². The highest BCUT2D eigenvalue weighted by molar-refractivity contribution is 8.00. The molecular formula is C19H16F3N3OS2. The average Bonchev–Trinajstić information content (AvgIpc) is 3.19. The first-order valence-corrected chi connectivity index (χ1v) is 10.5. The lowest BCUT2D eigenvalue weighted by Gasteiger charge is -2.10. The summed E-state index contributed by atoms with van der Waals surface area (Å²) in [6, 6.07) is 4.62. The zero-order valence-electron chi connectivity index (χ0n) is 14.9. The molecule has 0 radical (unpaired) electrons. The number of thioether (sulfide) groups is 1. The second-order valence-electron chi connectivity index (χ2n) is 6.53. The second kappa shape index (κ2) is 7.36. The number of nitrogens with one attached hydrogen (secondary N) is 1. The molecule has 4 nitrogen and oxygen atoms in total. The lowest BCUT2D eigenvalue weighted by Crippen LogP contribution is -2.15. The van der Waals surface area contributed by atoms with Crippen molar-refractivity contribution in [2.24, 2.45) is 0 Å². The van der Waals surface area contributed by atoms with Crippen LogP contribution in [0.5, 0.6) is 0 Å². The Morgan fingerprint density at radius 2 is 2.11 bits per heavy atom. The summed E-state index contributed by atoms with van der Waals surface area (Å²) >= 11 is 2.98. The molecule has 0 atom stereocenters. The Morgan fingerprint density at radius 1 is 1.29 bits per heavy atom. The highest BCUT2D eigenvalue weighted by atomic mass is 32.2. The van der Waals surface area contributed by atoms with Crippen LogP contribution in [0.4, 0.5) is 18.9 Å². The van der Waals surface area contributed by atoms with Crippen LogP contribution in [0, 0.1) is 6.92 Å². The van der Waals surface area contributed by atoms with E-state index in [9.17, 15) is 18.0 Å². The number of carbonyl (C=O) groups excluding carboxylic acids is 1. The summed E-state index contributed by atoms with van der Waals surface area (Å²) in [7, 11) is 0. The second-order valence-corrected chi connectivity index (χ2v) is 8.58. The smallest absolute Gasteiger partial charge is 0.325 e. The lowest BCUT2D eigenvalue weighted by molar-refractivity contribution is -0.137. The first-order valence-electron chi connectivity index (χ1n) is 8.70. The van der Waals surface area contributed by atoms with E-state index in [1.54, 1.807) is 11.3 Å². The Morgan fingerprint density at radius 3 is 2.89 bits per heavy atom. The van der Waals surface area contributed by atoms with Crippen molar-refractivity contribution in [3.8, 4) is 0 Å². The van der Waals surface area contributed by atoms with Crippen LogP contribution in [-0.2, 0) is 23.8 Å². The van der Waals surface area contributed by atoms with Crippen LogP contribution in [-0.4, -0.2) is 21.6 Å². The molecule has 1 aromatic carbocycles. The molecule has 0 aliphatic heterocycles. The number of fused-ring (bicyclic) bond motifs is 3. The molecule has 1 aliphatic carbocycles. The van der Waals surface area contributed by atoms with Gasteiger partial charge < -0.3 is 5.32 Å². The maximum atomic E-state index is 12.8. The molecule has 0 fully saturated rings. The Balaban J connectivity index is 1.50. The Bertz CT molecular complexity index is 1060. The molecule has 3 aromatic rings. The summed E-state index contributed by atoms with van der Waals surface area (Å²) in [5, 5.41) is 4.33. The normalized spacial score (nSPS) is 13.7. The zero-order valence-corrected chi connectivity index (χ0v) is 16.5. The predicted octanol–water partition coefficient (Wildman–Crippen LogP) is 5.24. The number of alkyl halides is 3. The number of hydrogen-bond acceptors (Lipinski definition) is 5. The summed E-state index contributed by atoms with van der Waals surface area (Å²) in [6.07, 6.45) is -1.29. The van der Waals surface area contributed by atoms with Crippen molar-refractivity contribution in [2.75, 3.05) is 11.1 Å². The largest absolute Gasteiger partial charge is 0.416 e. The highest BCUT2D eigenvalue weighted by Gasteiger charge is 2.30. The molecule has 2 aromatic heterocycles. The quantitative estimate of drug-likeness (QED) is 0.461. The van der Waals surface area contributed by atoms with Gasteiger partial charge in [-0.3, -0.25) is 4.79 Å². The third-order valence-electron chi connectivity index (χ3n) is 4.46. The van der Waals surface area contributed by atoms with Crippen molar-refractivity contribution in [3.63, 3.8) is 0 Å². The Hall–Kier alpha value is -2.13. The van der Waals surface area contributed by atoms with Gasteiger partial charge in [0.25, 0.3) is 0 Å². The van der Waals surface area contributed by atoms with Crippen LogP contribution < -0.4 is 5.32 Å². The first kappa shape index (κ1) is 19.2. The van der Waals surface area contributed by atoms with Crippen LogP contribution in [0.3, 0.4) is 0 Å². The maximum absolute atomic E-state index is 12.8. The number of hydrogen-bond donors (Lipinski definition) is 1. The fourth-order valence-electron chi connectivity index (χ4n) is 3.27. The summed E-state index contributed by atoms with van der Waals surface area (Å²) in [5.41, 5.74) is 0.613. The number of benzene rings is 1. The summed E-state index contributed by atoms with van der Waals surface area (Å²) in [5.74, 6) is 0.334. The molecule has 0 saturated heterocycles. The van der Waals surface area contributed by atoms with Crippen molar-refractivity contribution in [1.29, 1.82) is 0 Å². The number of rotatable bonds is 4. The monoisotopic (exact) mass is 423 g/mol. The molecule has 4 rings (SSSR count). The summed E-state index contributed by atoms with van der Waals surface area (Å²) in [6.45, 7) is 1.82. The third kappa shape index (κ3) is 3.86. The summed E-state index contributed by atoms with van der Waals surface area (Å²) < 4.78 is 38.4. The van der Waals surface area contributed by atoms with Gasteiger partial charge in [-0.25, -0.2) is 9.97 Å². The number of nitrogens with zero attached hydrogens (tertiary/aromatic N) is 2. The van der Waals surface area contributed by atoms with Crippen LogP contribution in [0.1, 0.15) is 28.2 Å². The average molecular weight is 423 g/mol. The van der Waals surface area contributed by atoms with E-state index >= 15 is 0 Å². The van der Waals surface area contributed by atoms with Crippen molar-refractivity contribution in [2.45, 2.75) is 37.4 Å². The van der Waals surface area contributed by atoms with Crippen LogP contribution in [0.2, 0.25) is 0 Å². The summed E-state index contributed by atoms with van der Waals surface area (Å²) in [4.78, 5) is 23.6. The molecule has 1 amide bonds.